The third-order valence-corrected chi connectivity index (χ3v) is 5.79. The Hall–Kier alpha value is -2.39. The van der Waals surface area contributed by atoms with Gasteiger partial charge in [-0.05, 0) is 73.5 Å². The zero-order valence-electron chi connectivity index (χ0n) is 16.3. The van der Waals surface area contributed by atoms with E-state index in [-0.39, 0.29) is 0 Å². The van der Waals surface area contributed by atoms with Crippen molar-refractivity contribution in [1.29, 1.82) is 0 Å². The summed E-state index contributed by atoms with van der Waals surface area (Å²) >= 11 is 0. The number of benzene rings is 2. The van der Waals surface area contributed by atoms with E-state index < -0.39 is 0 Å². The minimum Gasteiger partial charge on any atom is -0.496 e. The summed E-state index contributed by atoms with van der Waals surface area (Å²) in [4.78, 5) is 6.95. The zero-order chi connectivity index (χ0) is 18.6. The smallest absolute Gasteiger partial charge is 0.122 e. The molecule has 0 radical (unpaired) electrons. The number of ether oxygens (including phenoxy) is 1. The standard InChI is InChI=1S/C24H28N2O/c1-26(15-13-18-11-12-19-7-5-14-25-23(19)16-18)17-20-6-3-9-22-21(20)8-4-10-24(22)27-2/h4-5,7-8,10-12,14,16,20H,3,6,9,13,15,17H2,1-2H3. The minimum absolute atomic E-state index is 0.604. The van der Waals surface area contributed by atoms with E-state index in [1.807, 2.05) is 12.3 Å². The van der Waals surface area contributed by atoms with Gasteiger partial charge in [0.2, 0.25) is 0 Å². The summed E-state index contributed by atoms with van der Waals surface area (Å²) in [5.74, 6) is 1.66. The second-order valence-corrected chi connectivity index (χ2v) is 7.66. The third-order valence-electron chi connectivity index (χ3n) is 5.79. The highest BCUT2D eigenvalue weighted by molar-refractivity contribution is 5.78. The number of hydrogen-bond acceptors (Lipinski definition) is 3. The Balaban J connectivity index is 1.40. The van der Waals surface area contributed by atoms with Crippen LogP contribution >= 0.6 is 0 Å². The van der Waals surface area contributed by atoms with Crippen molar-refractivity contribution in [2.75, 3.05) is 27.2 Å². The fourth-order valence-electron chi connectivity index (χ4n) is 4.35. The van der Waals surface area contributed by atoms with Crippen molar-refractivity contribution in [3.63, 3.8) is 0 Å². The molecule has 140 valence electrons. The number of aromatic nitrogens is 1. The van der Waals surface area contributed by atoms with Gasteiger partial charge in [-0.2, -0.15) is 0 Å². The van der Waals surface area contributed by atoms with Crippen molar-refractivity contribution in [1.82, 2.24) is 9.88 Å². The summed E-state index contributed by atoms with van der Waals surface area (Å²) in [5.41, 5.74) is 5.36. The Morgan fingerprint density at radius 1 is 1.15 bits per heavy atom. The molecular weight excluding hydrogens is 332 g/mol. The molecule has 0 N–H and O–H groups in total. The zero-order valence-corrected chi connectivity index (χ0v) is 16.3. The molecule has 1 unspecified atom stereocenters. The van der Waals surface area contributed by atoms with Crippen LogP contribution in [0.3, 0.4) is 0 Å². The molecule has 2 aromatic carbocycles. The lowest BCUT2D eigenvalue weighted by molar-refractivity contribution is 0.299. The predicted molar refractivity (Wildman–Crippen MR) is 112 cm³/mol. The Morgan fingerprint density at radius 3 is 2.96 bits per heavy atom. The maximum atomic E-state index is 5.59. The van der Waals surface area contributed by atoms with Crippen LogP contribution in [0.5, 0.6) is 5.75 Å². The highest BCUT2D eigenvalue weighted by Crippen LogP contribution is 2.36. The Morgan fingerprint density at radius 2 is 2.07 bits per heavy atom. The maximum Gasteiger partial charge on any atom is 0.122 e. The van der Waals surface area contributed by atoms with Gasteiger partial charge in [-0.25, -0.2) is 0 Å². The van der Waals surface area contributed by atoms with Gasteiger partial charge in [0.25, 0.3) is 0 Å². The van der Waals surface area contributed by atoms with Crippen molar-refractivity contribution in [2.45, 2.75) is 31.6 Å². The van der Waals surface area contributed by atoms with Crippen LogP contribution in [-0.4, -0.2) is 37.1 Å². The molecule has 0 saturated heterocycles. The number of fused-ring (bicyclic) bond motifs is 2. The monoisotopic (exact) mass is 360 g/mol. The number of pyridine rings is 1. The topological polar surface area (TPSA) is 25.4 Å². The lowest BCUT2D eigenvalue weighted by Crippen LogP contribution is -2.28. The van der Waals surface area contributed by atoms with Gasteiger partial charge in [-0.3, -0.25) is 4.98 Å². The molecule has 3 heteroatoms. The summed E-state index contributed by atoms with van der Waals surface area (Å²) in [6.07, 6.45) is 6.59. The molecule has 0 bridgehead atoms. The van der Waals surface area contributed by atoms with Crippen LogP contribution in [0.15, 0.2) is 54.7 Å². The largest absolute Gasteiger partial charge is 0.496 e. The number of rotatable bonds is 6. The van der Waals surface area contributed by atoms with Gasteiger partial charge in [-0.1, -0.05) is 30.3 Å². The van der Waals surface area contributed by atoms with E-state index in [1.54, 1.807) is 7.11 Å². The van der Waals surface area contributed by atoms with E-state index in [0.717, 1.165) is 37.2 Å². The normalized spacial score (nSPS) is 16.5. The second kappa shape index (κ2) is 8.10. The molecule has 27 heavy (non-hydrogen) atoms. The molecule has 0 saturated carbocycles. The Kier molecular flexibility index (Phi) is 5.40. The van der Waals surface area contributed by atoms with E-state index in [0.29, 0.717) is 5.92 Å². The van der Waals surface area contributed by atoms with Crippen LogP contribution in [0.2, 0.25) is 0 Å². The Bertz CT molecular complexity index is 921. The van der Waals surface area contributed by atoms with Crippen molar-refractivity contribution >= 4 is 10.9 Å². The average molecular weight is 361 g/mol. The van der Waals surface area contributed by atoms with E-state index in [4.69, 9.17) is 4.74 Å². The quantitative estimate of drug-likeness (QED) is 0.629. The first-order chi connectivity index (χ1) is 13.2. The highest BCUT2D eigenvalue weighted by atomic mass is 16.5. The molecule has 0 spiro atoms. The van der Waals surface area contributed by atoms with Gasteiger partial charge in [0.1, 0.15) is 5.75 Å². The highest BCUT2D eigenvalue weighted by Gasteiger charge is 2.23. The van der Waals surface area contributed by atoms with E-state index in [2.05, 4.69) is 59.4 Å². The van der Waals surface area contributed by atoms with Crippen LogP contribution < -0.4 is 4.74 Å². The van der Waals surface area contributed by atoms with E-state index in [1.165, 1.54) is 34.9 Å². The molecule has 0 aliphatic heterocycles. The second-order valence-electron chi connectivity index (χ2n) is 7.66. The van der Waals surface area contributed by atoms with Gasteiger partial charge < -0.3 is 9.64 Å². The summed E-state index contributed by atoms with van der Waals surface area (Å²) in [5, 5.41) is 1.21. The first-order valence-corrected chi connectivity index (χ1v) is 9.92. The molecule has 3 nitrogen and oxygen atoms in total. The number of nitrogens with zero attached hydrogens (tertiary/aromatic N) is 2. The number of methoxy groups -OCH3 is 1. The fraction of sp³-hybridized carbons (Fsp3) is 0.375. The van der Waals surface area contributed by atoms with Crippen LogP contribution in [0.1, 0.15) is 35.4 Å². The maximum absolute atomic E-state index is 5.59. The first kappa shape index (κ1) is 18.0. The summed E-state index contributed by atoms with van der Waals surface area (Å²) < 4.78 is 5.59. The minimum atomic E-state index is 0.604. The van der Waals surface area contributed by atoms with Crippen molar-refractivity contribution < 1.29 is 4.74 Å². The van der Waals surface area contributed by atoms with Crippen molar-refractivity contribution in [2.24, 2.45) is 0 Å². The molecule has 1 aliphatic carbocycles. The van der Waals surface area contributed by atoms with Gasteiger partial charge in [0.05, 0.1) is 12.6 Å². The van der Waals surface area contributed by atoms with Crippen molar-refractivity contribution in [3.8, 4) is 5.75 Å². The summed E-state index contributed by atoms with van der Waals surface area (Å²) in [6, 6.07) is 17.3. The van der Waals surface area contributed by atoms with Crippen molar-refractivity contribution in [3.05, 3.63) is 71.4 Å². The molecule has 0 amide bonds. The van der Waals surface area contributed by atoms with Gasteiger partial charge >= 0.3 is 0 Å². The molecule has 3 aromatic rings. The number of likely N-dealkylation sites (N-methyl/N-ethyl adjacent to an activating group) is 1. The lowest BCUT2D eigenvalue weighted by Gasteiger charge is -2.30. The number of hydrogen-bond donors (Lipinski definition) is 0. The van der Waals surface area contributed by atoms with Gasteiger partial charge in [0, 0.05) is 24.7 Å². The van der Waals surface area contributed by atoms with Crippen LogP contribution in [-0.2, 0) is 12.8 Å². The van der Waals surface area contributed by atoms with Gasteiger partial charge in [0.15, 0.2) is 0 Å². The van der Waals surface area contributed by atoms with Gasteiger partial charge in [-0.15, -0.1) is 0 Å². The summed E-state index contributed by atoms with van der Waals surface area (Å²) in [6.45, 7) is 2.17. The molecule has 1 atom stereocenters. The first-order valence-electron chi connectivity index (χ1n) is 9.92. The SMILES string of the molecule is COc1cccc2c1CCCC2CN(C)CCc1ccc2cccnc2c1. The molecule has 1 aliphatic rings. The molecular formula is C24H28N2O. The molecule has 0 fully saturated rings. The molecule has 4 rings (SSSR count). The Labute approximate surface area is 162 Å². The summed E-state index contributed by atoms with van der Waals surface area (Å²) in [7, 11) is 4.03. The van der Waals surface area contributed by atoms with E-state index >= 15 is 0 Å². The van der Waals surface area contributed by atoms with E-state index in [9.17, 15) is 0 Å². The van der Waals surface area contributed by atoms with Crippen LogP contribution in [0.4, 0.5) is 0 Å². The van der Waals surface area contributed by atoms with Crippen LogP contribution in [0.25, 0.3) is 10.9 Å². The molecule has 1 heterocycles. The van der Waals surface area contributed by atoms with Crippen LogP contribution in [0, 0.1) is 0 Å². The third kappa shape index (κ3) is 3.98. The fourth-order valence-corrected chi connectivity index (χ4v) is 4.35. The average Bonchev–Trinajstić information content (AvgIpc) is 2.72. The predicted octanol–water partition coefficient (Wildman–Crippen LogP) is 4.84. The lowest BCUT2D eigenvalue weighted by atomic mass is 9.82. The molecule has 1 aromatic heterocycles.